The van der Waals surface area contributed by atoms with Gasteiger partial charge in [0.15, 0.2) is 0 Å². The van der Waals surface area contributed by atoms with E-state index >= 15 is 0 Å². The van der Waals surface area contributed by atoms with Crippen molar-refractivity contribution >= 4 is 22.3 Å². The molecular formula is C19H17N5. The molecule has 4 N–H and O–H groups in total. The smallest absolute Gasteiger partial charge is 0.0902 e. The van der Waals surface area contributed by atoms with E-state index in [1.165, 1.54) is 0 Å². The number of nitrogens with one attached hydrogen (secondary N) is 2. The highest BCUT2D eigenvalue weighted by atomic mass is 15.1. The van der Waals surface area contributed by atoms with Crippen LogP contribution in [0.5, 0.6) is 0 Å². The fraction of sp³-hybridized carbons (Fsp3) is 0.0526. The maximum absolute atomic E-state index is 6.37. The molecule has 0 aliphatic carbocycles. The van der Waals surface area contributed by atoms with Gasteiger partial charge in [-0.15, -0.1) is 0 Å². The Morgan fingerprint density at radius 3 is 2.71 bits per heavy atom. The third-order valence-corrected chi connectivity index (χ3v) is 4.07. The minimum absolute atomic E-state index is 0.681. The summed E-state index contributed by atoms with van der Waals surface area (Å²) in [5, 5.41) is 11.6. The van der Waals surface area contributed by atoms with Crippen molar-refractivity contribution in [1.29, 1.82) is 0 Å². The van der Waals surface area contributed by atoms with Crippen LogP contribution < -0.4 is 11.1 Å². The number of nitrogens with zero attached hydrogens (tertiary/aromatic N) is 2. The summed E-state index contributed by atoms with van der Waals surface area (Å²) < 4.78 is 0. The van der Waals surface area contributed by atoms with Crippen LogP contribution in [0.1, 0.15) is 5.56 Å². The average molecular weight is 315 g/mol. The van der Waals surface area contributed by atoms with Crippen molar-refractivity contribution in [3.63, 3.8) is 0 Å². The molecule has 0 unspecified atom stereocenters. The minimum Gasteiger partial charge on any atom is -0.398 e. The molecule has 4 rings (SSSR count). The number of rotatable bonds is 4. The van der Waals surface area contributed by atoms with E-state index in [0.717, 1.165) is 39.0 Å². The van der Waals surface area contributed by atoms with E-state index in [1.54, 1.807) is 12.4 Å². The molecule has 2 aromatic carbocycles. The molecule has 0 spiro atoms. The summed E-state index contributed by atoms with van der Waals surface area (Å²) >= 11 is 0. The Morgan fingerprint density at radius 1 is 1.04 bits per heavy atom. The number of nitrogen functional groups attached to an aromatic ring is 1. The number of H-pyrrole nitrogens is 1. The van der Waals surface area contributed by atoms with Gasteiger partial charge in [-0.2, -0.15) is 5.10 Å². The lowest BCUT2D eigenvalue weighted by Crippen LogP contribution is -2.02. The molecule has 4 aromatic rings. The van der Waals surface area contributed by atoms with Crippen LogP contribution in [0.25, 0.3) is 22.0 Å². The fourth-order valence-corrected chi connectivity index (χ4v) is 2.83. The van der Waals surface area contributed by atoms with Crippen molar-refractivity contribution in [2.45, 2.75) is 6.54 Å². The van der Waals surface area contributed by atoms with Crippen molar-refractivity contribution in [3.05, 3.63) is 72.7 Å². The largest absolute Gasteiger partial charge is 0.398 e. The molecular weight excluding hydrogens is 298 g/mol. The molecule has 0 bridgehead atoms. The second-order valence-corrected chi connectivity index (χ2v) is 5.62. The van der Waals surface area contributed by atoms with Crippen LogP contribution in [0, 0.1) is 0 Å². The Balaban J connectivity index is 1.77. The SMILES string of the molecule is Nc1c(-c2ccccc2)cc(NCc2cccnc2)c2[nH]ncc12. The van der Waals surface area contributed by atoms with E-state index in [2.05, 4.69) is 38.7 Å². The van der Waals surface area contributed by atoms with Crippen LogP contribution in [-0.4, -0.2) is 15.2 Å². The summed E-state index contributed by atoms with van der Waals surface area (Å²) in [5.74, 6) is 0. The van der Waals surface area contributed by atoms with E-state index in [-0.39, 0.29) is 0 Å². The van der Waals surface area contributed by atoms with Gasteiger partial charge in [0.25, 0.3) is 0 Å². The van der Waals surface area contributed by atoms with Gasteiger partial charge in [-0.25, -0.2) is 0 Å². The normalized spacial score (nSPS) is 10.8. The van der Waals surface area contributed by atoms with Gasteiger partial charge in [0, 0.05) is 29.9 Å². The van der Waals surface area contributed by atoms with Crippen LogP contribution >= 0.6 is 0 Å². The van der Waals surface area contributed by atoms with Crippen molar-refractivity contribution < 1.29 is 0 Å². The van der Waals surface area contributed by atoms with E-state index in [4.69, 9.17) is 5.73 Å². The summed E-state index contributed by atoms with van der Waals surface area (Å²) in [4.78, 5) is 4.15. The third-order valence-electron chi connectivity index (χ3n) is 4.07. The number of anilines is 2. The third kappa shape index (κ3) is 2.56. The number of hydrogen-bond acceptors (Lipinski definition) is 4. The first-order chi connectivity index (χ1) is 11.8. The first-order valence-electron chi connectivity index (χ1n) is 7.76. The lowest BCUT2D eigenvalue weighted by atomic mass is 10.0. The van der Waals surface area contributed by atoms with E-state index in [9.17, 15) is 0 Å². The molecule has 0 amide bonds. The molecule has 5 nitrogen and oxygen atoms in total. The van der Waals surface area contributed by atoms with Crippen LogP contribution in [0.15, 0.2) is 67.1 Å². The highest BCUT2D eigenvalue weighted by Gasteiger charge is 2.13. The lowest BCUT2D eigenvalue weighted by Gasteiger charge is -2.13. The molecule has 0 saturated heterocycles. The number of aromatic nitrogens is 3. The molecule has 2 aromatic heterocycles. The maximum Gasteiger partial charge on any atom is 0.0902 e. The van der Waals surface area contributed by atoms with Crippen LogP contribution in [0.4, 0.5) is 11.4 Å². The van der Waals surface area contributed by atoms with Crippen LogP contribution in [0.3, 0.4) is 0 Å². The molecule has 0 saturated carbocycles. The van der Waals surface area contributed by atoms with Gasteiger partial charge in [-0.3, -0.25) is 10.1 Å². The van der Waals surface area contributed by atoms with Crippen molar-refractivity contribution in [1.82, 2.24) is 15.2 Å². The summed E-state index contributed by atoms with van der Waals surface area (Å²) in [6.07, 6.45) is 5.40. The van der Waals surface area contributed by atoms with Crippen molar-refractivity contribution in [3.8, 4) is 11.1 Å². The quantitative estimate of drug-likeness (QED) is 0.500. The first-order valence-corrected chi connectivity index (χ1v) is 7.76. The second kappa shape index (κ2) is 6.04. The predicted molar refractivity (Wildman–Crippen MR) is 97.5 cm³/mol. The van der Waals surface area contributed by atoms with Gasteiger partial charge in [0.05, 0.1) is 23.1 Å². The maximum atomic E-state index is 6.37. The van der Waals surface area contributed by atoms with E-state index < -0.39 is 0 Å². The highest BCUT2D eigenvalue weighted by Crippen LogP contribution is 2.36. The molecule has 24 heavy (non-hydrogen) atoms. The first kappa shape index (κ1) is 14.3. The Labute approximate surface area is 139 Å². The summed E-state index contributed by atoms with van der Waals surface area (Å²) in [6.45, 7) is 0.681. The predicted octanol–water partition coefficient (Wildman–Crippen LogP) is 3.82. The number of pyridine rings is 1. The molecule has 0 fully saturated rings. The fourth-order valence-electron chi connectivity index (χ4n) is 2.83. The van der Waals surface area contributed by atoms with Crippen molar-refractivity contribution in [2.24, 2.45) is 0 Å². The van der Waals surface area contributed by atoms with Crippen LogP contribution in [-0.2, 0) is 6.54 Å². The van der Waals surface area contributed by atoms with Gasteiger partial charge in [-0.1, -0.05) is 36.4 Å². The average Bonchev–Trinajstić information content (AvgIpc) is 3.13. The van der Waals surface area contributed by atoms with E-state index in [0.29, 0.717) is 6.54 Å². The molecule has 2 heterocycles. The molecule has 0 radical (unpaired) electrons. The Kier molecular flexibility index (Phi) is 3.59. The minimum atomic E-state index is 0.681. The lowest BCUT2D eigenvalue weighted by molar-refractivity contribution is 1.10. The van der Waals surface area contributed by atoms with Gasteiger partial charge in [0.1, 0.15) is 0 Å². The summed E-state index contributed by atoms with van der Waals surface area (Å²) in [6, 6.07) is 16.2. The number of benzene rings is 2. The molecule has 0 aliphatic rings. The molecule has 5 heteroatoms. The molecule has 0 atom stereocenters. The zero-order valence-electron chi connectivity index (χ0n) is 13.0. The monoisotopic (exact) mass is 315 g/mol. The van der Waals surface area contributed by atoms with Gasteiger partial charge in [-0.05, 0) is 23.3 Å². The number of aromatic amines is 1. The Bertz CT molecular complexity index is 961. The van der Waals surface area contributed by atoms with Crippen LogP contribution in [0.2, 0.25) is 0 Å². The number of fused-ring (bicyclic) bond motifs is 1. The highest BCUT2D eigenvalue weighted by molar-refractivity contribution is 6.05. The number of nitrogens with two attached hydrogens (primary N) is 1. The topological polar surface area (TPSA) is 79.6 Å². The van der Waals surface area contributed by atoms with Gasteiger partial charge < -0.3 is 11.1 Å². The van der Waals surface area contributed by atoms with Gasteiger partial charge >= 0.3 is 0 Å². The Hall–Kier alpha value is -3.34. The van der Waals surface area contributed by atoms with Gasteiger partial charge in [0.2, 0.25) is 0 Å². The standard InChI is InChI=1S/C19H17N5/c20-18-15(14-6-2-1-3-7-14)9-17(19-16(18)12-23-24-19)22-11-13-5-4-8-21-10-13/h1-10,12,22H,11,20H2,(H,23,24). The van der Waals surface area contributed by atoms with Crippen molar-refractivity contribution in [2.75, 3.05) is 11.1 Å². The van der Waals surface area contributed by atoms with E-state index in [1.807, 2.05) is 36.5 Å². The summed E-state index contributed by atoms with van der Waals surface area (Å²) in [7, 11) is 0. The number of hydrogen-bond donors (Lipinski definition) is 3. The zero-order valence-corrected chi connectivity index (χ0v) is 13.0. The zero-order chi connectivity index (χ0) is 16.4. The summed E-state index contributed by atoms with van der Waals surface area (Å²) in [5.41, 5.74) is 12.2. The second-order valence-electron chi connectivity index (χ2n) is 5.62. The molecule has 118 valence electrons. The molecule has 0 aliphatic heterocycles. The Morgan fingerprint density at radius 2 is 1.92 bits per heavy atom.